The summed E-state index contributed by atoms with van der Waals surface area (Å²) in [6.07, 6.45) is 1.96. The molecule has 1 N–H and O–H groups in total. The molecule has 1 fully saturated rings. The number of aryl methyl sites for hydroxylation is 1. The minimum absolute atomic E-state index is 0.0806. The number of phenolic OH excluding ortho intramolecular Hbond substituents is 1. The Balaban J connectivity index is 2.04. The maximum Gasteiger partial charge on any atom is 0.310 e. The fourth-order valence-electron chi connectivity index (χ4n) is 4.21. The van der Waals surface area contributed by atoms with Crippen molar-refractivity contribution in [3.8, 4) is 5.75 Å². The number of hydrogen-bond donors (Lipinski definition) is 1. The van der Waals surface area contributed by atoms with Crippen molar-refractivity contribution in [3.63, 3.8) is 0 Å². The van der Waals surface area contributed by atoms with Crippen molar-refractivity contribution in [3.05, 3.63) is 29.3 Å². The Morgan fingerprint density at radius 3 is 2.89 bits per heavy atom. The van der Waals surface area contributed by atoms with E-state index in [4.69, 9.17) is 4.74 Å². The van der Waals surface area contributed by atoms with Crippen molar-refractivity contribution in [2.45, 2.75) is 39.0 Å². The predicted molar refractivity (Wildman–Crippen MR) is 72.0 cm³/mol. The van der Waals surface area contributed by atoms with Crippen LogP contribution in [0.5, 0.6) is 5.75 Å². The summed E-state index contributed by atoms with van der Waals surface area (Å²) in [5, 5.41) is 9.74. The molecule has 0 saturated heterocycles. The lowest BCUT2D eigenvalue weighted by atomic mass is 9.89. The third-order valence-electron chi connectivity index (χ3n) is 5.17. The van der Waals surface area contributed by atoms with Gasteiger partial charge in [-0.05, 0) is 48.4 Å². The molecule has 0 radical (unpaired) electrons. The molecule has 19 heavy (non-hydrogen) atoms. The predicted octanol–water partition coefficient (Wildman–Crippen LogP) is 2.80. The van der Waals surface area contributed by atoms with Crippen LogP contribution < -0.4 is 0 Å². The van der Waals surface area contributed by atoms with Gasteiger partial charge in [0.25, 0.3) is 0 Å². The zero-order valence-electron chi connectivity index (χ0n) is 11.7. The Bertz CT molecular complexity index is 547. The number of benzene rings is 1. The third kappa shape index (κ3) is 1.41. The highest BCUT2D eigenvalue weighted by Crippen LogP contribution is 2.74. The van der Waals surface area contributed by atoms with Crippen molar-refractivity contribution in [1.82, 2.24) is 0 Å². The van der Waals surface area contributed by atoms with Crippen LogP contribution in [0, 0.1) is 11.3 Å². The summed E-state index contributed by atoms with van der Waals surface area (Å²) in [5.74, 6) is 0.108. The van der Waals surface area contributed by atoms with Gasteiger partial charge in [-0.1, -0.05) is 19.9 Å². The molecule has 2 atom stereocenters. The average Bonchev–Trinajstić information content (AvgIpc) is 2.63. The molecule has 0 heterocycles. The molecular formula is C16H20O3. The van der Waals surface area contributed by atoms with Crippen LogP contribution in [-0.4, -0.2) is 17.7 Å². The molecule has 1 spiro atoms. The van der Waals surface area contributed by atoms with E-state index in [9.17, 15) is 9.90 Å². The lowest BCUT2D eigenvalue weighted by Gasteiger charge is -2.14. The van der Waals surface area contributed by atoms with Gasteiger partial charge in [0, 0.05) is 5.41 Å². The average molecular weight is 260 g/mol. The molecule has 0 aliphatic heterocycles. The van der Waals surface area contributed by atoms with E-state index in [0.717, 1.165) is 18.4 Å². The van der Waals surface area contributed by atoms with Gasteiger partial charge < -0.3 is 9.84 Å². The van der Waals surface area contributed by atoms with Crippen LogP contribution in [0.2, 0.25) is 0 Å². The van der Waals surface area contributed by atoms with E-state index in [-0.39, 0.29) is 28.5 Å². The van der Waals surface area contributed by atoms with E-state index in [1.807, 2.05) is 19.1 Å². The molecule has 2 aliphatic rings. The molecule has 2 aliphatic carbocycles. The van der Waals surface area contributed by atoms with Gasteiger partial charge in [-0.25, -0.2) is 0 Å². The minimum atomic E-state index is -0.132. The number of carbonyl (C=O) groups excluding carboxylic acids is 1. The van der Waals surface area contributed by atoms with Crippen molar-refractivity contribution in [2.24, 2.45) is 11.3 Å². The number of rotatable bonds is 2. The number of hydrogen-bond acceptors (Lipinski definition) is 3. The fourth-order valence-corrected chi connectivity index (χ4v) is 4.21. The van der Waals surface area contributed by atoms with E-state index in [0.29, 0.717) is 6.61 Å². The van der Waals surface area contributed by atoms with E-state index < -0.39 is 0 Å². The van der Waals surface area contributed by atoms with Gasteiger partial charge in [-0.3, -0.25) is 4.79 Å². The smallest absolute Gasteiger partial charge is 0.310 e. The quantitative estimate of drug-likeness (QED) is 0.832. The standard InChI is InChI=1S/C16H20O3/c1-4-19-14(18)13-15(2,3)16(13)8-7-10-5-6-11(17)9-12(10)16/h5-6,9,13,17H,4,7-8H2,1-3H3/t13-,16+/m0/s1. The summed E-state index contributed by atoms with van der Waals surface area (Å²) >= 11 is 0. The normalized spacial score (nSPS) is 30.2. The van der Waals surface area contributed by atoms with Gasteiger partial charge in [-0.2, -0.15) is 0 Å². The lowest BCUT2D eigenvalue weighted by molar-refractivity contribution is -0.145. The first-order valence-corrected chi connectivity index (χ1v) is 6.94. The Hall–Kier alpha value is -1.51. The highest BCUT2D eigenvalue weighted by molar-refractivity contribution is 5.82. The molecule has 1 aromatic rings. The van der Waals surface area contributed by atoms with Crippen molar-refractivity contribution < 1.29 is 14.6 Å². The Morgan fingerprint density at radius 2 is 2.21 bits per heavy atom. The van der Waals surface area contributed by atoms with Gasteiger partial charge in [0.2, 0.25) is 0 Å². The summed E-state index contributed by atoms with van der Waals surface area (Å²) in [5.41, 5.74) is 2.19. The van der Waals surface area contributed by atoms with Gasteiger partial charge >= 0.3 is 5.97 Å². The SMILES string of the molecule is CCOC(=O)[C@H]1C(C)(C)[C@@]12CCc1ccc(O)cc12. The monoisotopic (exact) mass is 260 g/mol. The molecular weight excluding hydrogens is 240 g/mol. The van der Waals surface area contributed by atoms with Crippen molar-refractivity contribution in [2.75, 3.05) is 6.61 Å². The van der Waals surface area contributed by atoms with Crippen LogP contribution in [0.3, 0.4) is 0 Å². The molecule has 3 rings (SSSR count). The third-order valence-corrected chi connectivity index (χ3v) is 5.17. The highest BCUT2D eigenvalue weighted by Gasteiger charge is 2.76. The van der Waals surface area contributed by atoms with Gasteiger partial charge in [0.05, 0.1) is 12.5 Å². The van der Waals surface area contributed by atoms with Crippen molar-refractivity contribution >= 4 is 5.97 Å². The molecule has 102 valence electrons. The topological polar surface area (TPSA) is 46.5 Å². The number of phenols is 1. The number of fused-ring (bicyclic) bond motifs is 2. The maximum absolute atomic E-state index is 12.2. The molecule has 1 saturated carbocycles. The summed E-state index contributed by atoms with van der Waals surface area (Å²) < 4.78 is 5.23. The second kappa shape index (κ2) is 3.75. The molecule has 0 aromatic heterocycles. The second-order valence-corrected chi connectivity index (χ2v) is 6.22. The largest absolute Gasteiger partial charge is 0.508 e. The number of ether oxygens (including phenoxy) is 1. The zero-order valence-corrected chi connectivity index (χ0v) is 11.7. The van der Waals surface area contributed by atoms with Crippen LogP contribution in [0.25, 0.3) is 0 Å². The fraction of sp³-hybridized carbons (Fsp3) is 0.562. The Kier molecular flexibility index (Phi) is 2.47. The van der Waals surface area contributed by atoms with Crippen LogP contribution in [0.15, 0.2) is 18.2 Å². The highest BCUT2D eigenvalue weighted by atomic mass is 16.5. The van der Waals surface area contributed by atoms with Crippen LogP contribution in [0.1, 0.15) is 38.3 Å². The zero-order chi connectivity index (χ0) is 13.8. The molecule has 0 unspecified atom stereocenters. The molecule has 3 nitrogen and oxygen atoms in total. The second-order valence-electron chi connectivity index (χ2n) is 6.22. The van der Waals surface area contributed by atoms with Crippen LogP contribution >= 0.6 is 0 Å². The summed E-state index contributed by atoms with van der Waals surface area (Å²) in [6.45, 7) is 6.53. The molecule has 3 heteroatoms. The number of esters is 1. The van der Waals surface area contributed by atoms with E-state index >= 15 is 0 Å². The molecule has 1 aromatic carbocycles. The Morgan fingerprint density at radius 1 is 1.47 bits per heavy atom. The van der Waals surface area contributed by atoms with Crippen LogP contribution in [-0.2, 0) is 21.4 Å². The lowest BCUT2D eigenvalue weighted by Crippen LogP contribution is -2.15. The molecule has 0 bridgehead atoms. The molecule has 0 amide bonds. The number of aromatic hydroxyl groups is 1. The maximum atomic E-state index is 12.2. The van der Waals surface area contributed by atoms with Crippen LogP contribution in [0.4, 0.5) is 0 Å². The van der Waals surface area contributed by atoms with Gasteiger partial charge in [0.1, 0.15) is 5.75 Å². The van der Waals surface area contributed by atoms with Gasteiger partial charge in [0.15, 0.2) is 0 Å². The first-order chi connectivity index (χ1) is 8.95. The van der Waals surface area contributed by atoms with Crippen molar-refractivity contribution in [1.29, 1.82) is 0 Å². The summed E-state index contributed by atoms with van der Waals surface area (Å²) in [7, 11) is 0. The first kappa shape index (κ1) is 12.5. The van der Waals surface area contributed by atoms with E-state index in [1.54, 1.807) is 6.07 Å². The number of carbonyl (C=O) groups is 1. The minimum Gasteiger partial charge on any atom is -0.508 e. The van der Waals surface area contributed by atoms with E-state index in [1.165, 1.54) is 5.56 Å². The van der Waals surface area contributed by atoms with E-state index in [2.05, 4.69) is 13.8 Å². The summed E-state index contributed by atoms with van der Waals surface area (Å²) in [6, 6.07) is 5.55. The van der Waals surface area contributed by atoms with Gasteiger partial charge in [-0.15, -0.1) is 0 Å². The first-order valence-electron chi connectivity index (χ1n) is 6.94. The summed E-state index contributed by atoms with van der Waals surface area (Å²) in [4.78, 5) is 12.2. The Labute approximate surface area is 113 Å².